The lowest BCUT2D eigenvalue weighted by atomic mass is 9.89. The van der Waals surface area contributed by atoms with E-state index in [1.807, 2.05) is 52.0 Å². The van der Waals surface area contributed by atoms with E-state index in [2.05, 4.69) is 32.9 Å². The summed E-state index contributed by atoms with van der Waals surface area (Å²) in [6.07, 6.45) is 12.9. The standard InChI is InChI=1S/C31H42ClN5O3/c1-8-31(5,6)30(38)37(7)18-19-39-24(3)13-11-12-23(2)34-22-35-25(4)36-26-15-16-29(28(32)20-26)40-21-27-14-9-10-17-33-27/h9,11-16,20,22H,3,8,10,17-19,21H2,1-2,4-7H3,(H,34,35,36)/b13-11-,23-12+. The van der Waals surface area contributed by atoms with Crippen LogP contribution in [0.15, 0.2) is 81.6 Å². The van der Waals surface area contributed by atoms with Crippen molar-refractivity contribution in [3.05, 3.63) is 71.6 Å². The highest BCUT2D eigenvalue weighted by atomic mass is 35.5. The maximum atomic E-state index is 12.4. The van der Waals surface area contributed by atoms with Crippen LogP contribution in [0, 0.1) is 5.41 Å². The first kappa shape index (κ1) is 32.6. The third-order valence-corrected chi connectivity index (χ3v) is 6.49. The predicted octanol–water partition coefficient (Wildman–Crippen LogP) is 6.67. The van der Waals surface area contributed by atoms with Crippen molar-refractivity contribution in [3.8, 4) is 5.75 Å². The van der Waals surface area contributed by atoms with Crippen molar-refractivity contribution >= 4 is 41.1 Å². The van der Waals surface area contributed by atoms with E-state index in [1.165, 1.54) is 0 Å². The number of ether oxygens (including phenoxy) is 2. The molecule has 1 aromatic carbocycles. The molecule has 8 nitrogen and oxygen atoms in total. The number of nitrogens with one attached hydrogen (secondary N) is 1. The number of hydrogen-bond donors (Lipinski definition) is 1. The molecule has 0 saturated heterocycles. The van der Waals surface area contributed by atoms with E-state index < -0.39 is 0 Å². The van der Waals surface area contributed by atoms with Crippen LogP contribution >= 0.6 is 11.6 Å². The predicted molar refractivity (Wildman–Crippen MR) is 167 cm³/mol. The Labute approximate surface area is 243 Å². The zero-order valence-corrected chi connectivity index (χ0v) is 25.3. The molecular formula is C31H42ClN5O3. The van der Waals surface area contributed by atoms with E-state index in [-0.39, 0.29) is 11.3 Å². The van der Waals surface area contributed by atoms with Crippen molar-refractivity contribution < 1.29 is 14.3 Å². The van der Waals surface area contributed by atoms with E-state index in [9.17, 15) is 4.79 Å². The van der Waals surface area contributed by atoms with Gasteiger partial charge in [-0.15, -0.1) is 0 Å². The van der Waals surface area contributed by atoms with Gasteiger partial charge in [-0.1, -0.05) is 51.1 Å². The molecule has 0 aromatic heterocycles. The highest BCUT2D eigenvalue weighted by Crippen LogP contribution is 2.29. The molecule has 40 heavy (non-hydrogen) atoms. The molecule has 0 atom stereocenters. The minimum absolute atomic E-state index is 0.108. The second kappa shape index (κ2) is 16.5. The van der Waals surface area contributed by atoms with Crippen LogP contribution in [-0.4, -0.2) is 62.0 Å². The summed E-state index contributed by atoms with van der Waals surface area (Å²) in [6, 6.07) is 5.37. The van der Waals surface area contributed by atoms with Crippen LogP contribution in [0.5, 0.6) is 5.75 Å². The lowest BCUT2D eigenvalue weighted by Crippen LogP contribution is -2.39. The summed E-state index contributed by atoms with van der Waals surface area (Å²) in [5.41, 5.74) is 2.09. The van der Waals surface area contributed by atoms with Gasteiger partial charge in [0.25, 0.3) is 0 Å². The van der Waals surface area contributed by atoms with Gasteiger partial charge in [0.2, 0.25) is 5.91 Å². The van der Waals surface area contributed by atoms with Crippen LogP contribution in [0.2, 0.25) is 5.02 Å². The zero-order chi connectivity index (χ0) is 29.5. The Kier molecular flexibility index (Phi) is 13.4. The van der Waals surface area contributed by atoms with Gasteiger partial charge >= 0.3 is 0 Å². The van der Waals surface area contributed by atoms with Gasteiger partial charge in [-0.3, -0.25) is 9.79 Å². The van der Waals surface area contributed by atoms with Crippen molar-refractivity contribution in [3.63, 3.8) is 0 Å². The summed E-state index contributed by atoms with van der Waals surface area (Å²) >= 11 is 6.38. The number of amidine groups is 1. The number of rotatable bonds is 14. The molecule has 1 amide bonds. The summed E-state index contributed by atoms with van der Waals surface area (Å²) in [6.45, 7) is 15.6. The van der Waals surface area contributed by atoms with Gasteiger partial charge in [-0.05, 0) is 63.1 Å². The van der Waals surface area contributed by atoms with Crippen molar-refractivity contribution in [2.24, 2.45) is 20.4 Å². The van der Waals surface area contributed by atoms with Crippen molar-refractivity contribution in [1.29, 1.82) is 0 Å². The van der Waals surface area contributed by atoms with Crippen LogP contribution in [0.3, 0.4) is 0 Å². The summed E-state index contributed by atoms with van der Waals surface area (Å²) in [5.74, 6) is 1.78. The second-order valence-corrected chi connectivity index (χ2v) is 10.4. The van der Waals surface area contributed by atoms with E-state index in [1.54, 1.807) is 43.4 Å². The molecule has 1 aliphatic rings. The Morgan fingerprint density at radius 2 is 2.10 bits per heavy atom. The Bertz CT molecular complexity index is 1210. The van der Waals surface area contributed by atoms with E-state index >= 15 is 0 Å². The highest BCUT2D eigenvalue weighted by molar-refractivity contribution is 6.32. The van der Waals surface area contributed by atoms with Gasteiger partial charge < -0.3 is 19.7 Å². The summed E-state index contributed by atoms with van der Waals surface area (Å²) < 4.78 is 11.4. The number of hydrogen-bond acceptors (Lipinski definition) is 5. The van der Waals surface area contributed by atoms with Crippen LogP contribution in [0.4, 0.5) is 5.69 Å². The molecule has 0 unspecified atom stereocenters. The molecule has 2 rings (SSSR count). The quantitative estimate of drug-likeness (QED) is 0.118. The second-order valence-electron chi connectivity index (χ2n) is 10.0. The monoisotopic (exact) mass is 567 g/mol. The minimum atomic E-state index is -0.369. The molecule has 1 aromatic rings. The van der Waals surface area contributed by atoms with Gasteiger partial charge in [0.05, 0.1) is 29.3 Å². The van der Waals surface area contributed by atoms with Crippen LogP contribution in [0.1, 0.15) is 47.5 Å². The van der Waals surface area contributed by atoms with Crippen LogP contribution in [0.25, 0.3) is 0 Å². The van der Waals surface area contributed by atoms with E-state index in [0.717, 1.165) is 30.8 Å². The number of likely N-dealkylation sites (N-methyl/N-ethyl adjacent to an activating group) is 1. The minimum Gasteiger partial charge on any atom is -0.492 e. The Morgan fingerprint density at radius 1 is 1.32 bits per heavy atom. The fourth-order valence-corrected chi connectivity index (χ4v) is 3.63. The van der Waals surface area contributed by atoms with Crippen molar-refractivity contribution in [1.82, 2.24) is 10.2 Å². The van der Waals surface area contributed by atoms with Crippen LogP contribution < -0.4 is 10.1 Å². The molecule has 1 heterocycles. The zero-order valence-electron chi connectivity index (χ0n) is 24.5. The van der Waals surface area contributed by atoms with Gasteiger partial charge in [-0.2, -0.15) is 0 Å². The number of aliphatic imine (C=N–C) groups is 3. The SMILES string of the molecule is C=C(/C=C\C=C(/C)NC=NC(C)=Nc1ccc(OCC2=NCCC=C2)c(Cl)c1)OCCN(C)C(=O)C(C)(C)CC. The number of amides is 1. The average molecular weight is 568 g/mol. The van der Waals surface area contributed by atoms with Crippen LogP contribution in [-0.2, 0) is 9.53 Å². The Hall–Kier alpha value is -3.65. The van der Waals surface area contributed by atoms with Crippen molar-refractivity contribution in [2.75, 3.05) is 33.4 Å². The Balaban J connectivity index is 1.76. The fourth-order valence-electron chi connectivity index (χ4n) is 3.40. The normalized spacial score (nSPS) is 14.4. The molecule has 0 spiro atoms. The highest BCUT2D eigenvalue weighted by Gasteiger charge is 2.28. The molecule has 0 bridgehead atoms. The third-order valence-electron chi connectivity index (χ3n) is 6.20. The van der Waals surface area contributed by atoms with Gasteiger partial charge in [0.1, 0.15) is 30.6 Å². The number of nitrogens with zero attached hydrogens (tertiary/aromatic N) is 4. The molecule has 0 aliphatic carbocycles. The number of carbonyl (C=O) groups is 1. The molecule has 216 valence electrons. The first-order valence-corrected chi connectivity index (χ1v) is 13.8. The number of benzene rings is 1. The fraction of sp³-hybridized carbons (Fsp3) is 0.419. The molecule has 9 heteroatoms. The number of allylic oxidation sites excluding steroid dienone is 4. The summed E-state index contributed by atoms with van der Waals surface area (Å²) in [5, 5.41) is 3.57. The number of carbonyl (C=O) groups excluding carboxylic acids is 1. The molecule has 1 aliphatic heterocycles. The van der Waals surface area contributed by atoms with Gasteiger partial charge in [-0.25, -0.2) is 9.98 Å². The molecule has 0 fully saturated rings. The maximum Gasteiger partial charge on any atom is 0.228 e. The number of halogens is 1. The summed E-state index contributed by atoms with van der Waals surface area (Å²) in [4.78, 5) is 27.3. The molecule has 1 N–H and O–H groups in total. The lowest BCUT2D eigenvalue weighted by Gasteiger charge is -2.28. The molecule has 0 radical (unpaired) electrons. The first-order chi connectivity index (χ1) is 19.0. The summed E-state index contributed by atoms with van der Waals surface area (Å²) in [7, 11) is 1.79. The average Bonchev–Trinajstić information content (AvgIpc) is 2.92. The smallest absolute Gasteiger partial charge is 0.228 e. The molecule has 0 saturated carbocycles. The largest absolute Gasteiger partial charge is 0.492 e. The maximum absolute atomic E-state index is 12.4. The lowest BCUT2D eigenvalue weighted by molar-refractivity contribution is -0.139. The number of dihydropyridines is 1. The third kappa shape index (κ3) is 11.6. The van der Waals surface area contributed by atoms with Crippen molar-refractivity contribution in [2.45, 2.75) is 47.5 Å². The van der Waals surface area contributed by atoms with E-state index in [4.69, 9.17) is 21.1 Å². The Morgan fingerprint density at radius 3 is 2.77 bits per heavy atom. The van der Waals surface area contributed by atoms with Gasteiger partial charge in [0.15, 0.2) is 0 Å². The van der Waals surface area contributed by atoms with Gasteiger partial charge in [0, 0.05) is 24.7 Å². The first-order valence-electron chi connectivity index (χ1n) is 13.4. The van der Waals surface area contributed by atoms with E-state index in [0.29, 0.717) is 47.8 Å². The topological polar surface area (TPSA) is 87.9 Å². The molecular weight excluding hydrogens is 526 g/mol.